The summed E-state index contributed by atoms with van der Waals surface area (Å²) in [6, 6.07) is 7.15. The number of aromatic nitrogens is 4. The monoisotopic (exact) mass is 315 g/mol. The van der Waals surface area contributed by atoms with Gasteiger partial charge in [-0.3, -0.25) is 9.59 Å². The summed E-state index contributed by atoms with van der Waals surface area (Å²) in [7, 11) is 0. The van der Waals surface area contributed by atoms with Gasteiger partial charge >= 0.3 is 5.97 Å². The van der Waals surface area contributed by atoms with Crippen LogP contribution in [0.1, 0.15) is 32.7 Å². The van der Waals surface area contributed by atoms with Crippen LogP contribution in [0.4, 0.5) is 5.69 Å². The number of hydrogen-bond acceptors (Lipinski definition) is 5. The SMILES string of the molecule is CC(C)n1nnnc1-c1cccc(NC(=O)C2(C(=O)O)CC2)c1. The maximum atomic E-state index is 12.2. The van der Waals surface area contributed by atoms with E-state index in [9.17, 15) is 9.59 Å². The summed E-state index contributed by atoms with van der Waals surface area (Å²) in [4.78, 5) is 23.4. The lowest BCUT2D eigenvalue weighted by Gasteiger charge is -2.12. The molecule has 1 heterocycles. The third-order valence-electron chi connectivity index (χ3n) is 3.95. The van der Waals surface area contributed by atoms with Gasteiger partial charge in [0.25, 0.3) is 0 Å². The summed E-state index contributed by atoms with van der Waals surface area (Å²) < 4.78 is 1.68. The third kappa shape index (κ3) is 2.67. The molecule has 0 saturated heterocycles. The molecule has 0 atom stereocenters. The molecule has 2 N–H and O–H groups in total. The third-order valence-corrected chi connectivity index (χ3v) is 3.95. The van der Waals surface area contributed by atoms with Gasteiger partial charge in [0.05, 0.1) is 6.04 Å². The Morgan fingerprint density at radius 3 is 2.70 bits per heavy atom. The van der Waals surface area contributed by atoms with Gasteiger partial charge in [-0.1, -0.05) is 12.1 Å². The highest BCUT2D eigenvalue weighted by atomic mass is 16.4. The first-order chi connectivity index (χ1) is 10.9. The molecular weight excluding hydrogens is 298 g/mol. The normalized spacial score (nSPS) is 15.4. The van der Waals surface area contributed by atoms with Crippen molar-refractivity contribution in [2.75, 3.05) is 5.32 Å². The molecule has 0 unspecified atom stereocenters. The minimum absolute atomic E-state index is 0.0972. The molecular formula is C15H17N5O3. The minimum Gasteiger partial charge on any atom is -0.480 e. The fraction of sp³-hybridized carbons (Fsp3) is 0.400. The highest BCUT2D eigenvalue weighted by Crippen LogP contribution is 2.46. The molecule has 1 aliphatic carbocycles. The zero-order chi connectivity index (χ0) is 16.6. The van der Waals surface area contributed by atoms with E-state index in [2.05, 4.69) is 20.8 Å². The molecule has 8 nitrogen and oxygen atoms in total. The molecule has 1 amide bonds. The minimum atomic E-state index is -1.27. The summed E-state index contributed by atoms with van der Waals surface area (Å²) in [6.07, 6.45) is 0.749. The van der Waals surface area contributed by atoms with Crippen LogP contribution in [0.25, 0.3) is 11.4 Å². The van der Waals surface area contributed by atoms with Crippen LogP contribution in [0.3, 0.4) is 0 Å². The van der Waals surface area contributed by atoms with Gasteiger partial charge < -0.3 is 10.4 Å². The first-order valence-corrected chi connectivity index (χ1v) is 7.37. The van der Waals surface area contributed by atoms with Crippen molar-refractivity contribution >= 4 is 17.6 Å². The second-order valence-corrected chi connectivity index (χ2v) is 5.96. The molecule has 1 aliphatic rings. The van der Waals surface area contributed by atoms with Gasteiger partial charge in [-0.25, -0.2) is 4.68 Å². The quantitative estimate of drug-likeness (QED) is 0.813. The van der Waals surface area contributed by atoms with Crippen LogP contribution in [0.2, 0.25) is 0 Å². The van der Waals surface area contributed by atoms with Crippen LogP contribution in [-0.2, 0) is 9.59 Å². The van der Waals surface area contributed by atoms with Crippen LogP contribution in [0.15, 0.2) is 24.3 Å². The van der Waals surface area contributed by atoms with E-state index in [0.29, 0.717) is 24.4 Å². The highest BCUT2D eigenvalue weighted by Gasteiger charge is 2.57. The number of benzene rings is 1. The van der Waals surface area contributed by atoms with Gasteiger partial charge in [0, 0.05) is 11.3 Å². The fourth-order valence-corrected chi connectivity index (χ4v) is 2.38. The van der Waals surface area contributed by atoms with Crippen molar-refractivity contribution in [1.82, 2.24) is 20.2 Å². The van der Waals surface area contributed by atoms with Crippen LogP contribution >= 0.6 is 0 Å². The molecule has 0 radical (unpaired) electrons. The summed E-state index contributed by atoms with van der Waals surface area (Å²) in [6.45, 7) is 3.93. The van der Waals surface area contributed by atoms with E-state index in [4.69, 9.17) is 5.11 Å². The highest BCUT2D eigenvalue weighted by molar-refractivity contribution is 6.10. The van der Waals surface area contributed by atoms with E-state index in [1.807, 2.05) is 19.9 Å². The van der Waals surface area contributed by atoms with E-state index in [-0.39, 0.29) is 6.04 Å². The van der Waals surface area contributed by atoms with Gasteiger partial charge in [-0.2, -0.15) is 0 Å². The van der Waals surface area contributed by atoms with E-state index in [1.54, 1.807) is 22.9 Å². The molecule has 23 heavy (non-hydrogen) atoms. The lowest BCUT2D eigenvalue weighted by Crippen LogP contribution is -2.31. The van der Waals surface area contributed by atoms with E-state index in [0.717, 1.165) is 5.56 Å². The molecule has 1 saturated carbocycles. The molecule has 0 bridgehead atoms. The maximum absolute atomic E-state index is 12.2. The number of carboxylic acids is 1. The lowest BCUT2D eigenvalue weighted by atomic mass is 10.1. The topological polar surface area (TPSA) is 110 Å². The standard InChI is InChI=1S/C15H17N5O3/c1-9(2)20-12(17-18-19-20)10-4-3-5-11(8-10)16-13(21)15(6-7-15)14(22)23/h3-5,8-9H,6-7H2,1-2H3,(H,16,21)(H,22,23). The summed E-state index contributed by atoms with van der Waals surface area (Å²) in [5, 5.41) is 23.5. The number of carboxylic acid groups (broad SMARTS) is 1. The Kier molecular flexibility index (Phi) is 3.59. The zero-order valence-electron chi connectivity index (χ0n) is 12.9. The van der Waals surface area contributed by atoms with Crippen molar-refractivity contribution < 1.29 is 14.7 Å². The molecule has 3 rings (SSSR count). The number of amides is 1. The predicted octanol–water partition coefficient (Wildman–Crippen LogP) is 1.72. The smallest absolute Gasteiger partial charge is 0.319 e. The Morgan fingerprint density at radius 2 is 2.09 bits per heavy atom. The Hall–Kier alpha value is -2.77. The molecule has 1 aromatic heterocycles. The second-order valence-electron chi connectivity index (χ2n) is 5.96. The molecule has 1 fully saturated rings. The van der Waals surface area contributed by atoms with Crippen LogP contribution in [-0.4, -0.2) is 37.2 Å². The van der Waals surface area contributed by atoms with Crippen LogP contribution < -0.4 is 5.32 Å². The number of hydrogen-bond donors (Lipinski definition) is 2. The van der Waals surface area contributed by atoms with Gasteiger partial charge in [0.15, 0.2) is 5.82 Å². The number of anilines is 1. The molecule has 0 aliphatic heterocycles. The first kappa shape index (κ1) is 15.1. The largest absolute Gasteiger partial charge is 0.480 e. The number of rotatable bonds is 5. The Bertz CT molecular complexity index is 764. The van der Waals surface area contributed by atoms with E-state index in [1.165, 1.54) is 0 Å². The van der Waals surface area contributed by atoms with E-state index < -0.39 is 17.3 Å². The molecule has 120 valence electrons. The van der Waals surface area contributed by atoms with Crippen molar-refractivity contribution in [3.63, 3.8) is 0 Å². The maximum Gasteiger partial charge on any atom is 0.319 e. The summed E-state index contributed by atoms with van der Waals surface area (Å²) in [5.74, 6) is -0.962. The molecule has 1 aromatic carbocycles. The van der Waals surface area contributed by atoms with Crippen molar-refractivity contribution in [1.29, 1.82) is 0 Å². The number of carbonyl (C=O) groups excluding carboxylic acids is 1. The fourth-order valence-electron chi connectivity index (χ4n) is 2.38. The summed E-state index contributed by atoms with van der Waals surface area (Å²) >= 11 is 0. The van der Waals surface area contributed by atoms with Crippen molar-refractivity contribution in [3.05, 3.63) is 24.3 Å². The van der Waals surface area contributed by atoms with Crippen molar-refractivity contribution in [2.24, 2.45) is 5.41 Å². The van der Waals surface area contributed by atoms with E-state index >= 15 is 0 Å². The van der Waals surface area contributed by atoms with Crippen LogP contribution in [0, 0.1) is 5.41 Å². The average Bonchev–Trinajstić information content (AvgIpc) is 3.18. The molecule has 0 spiro atoms. The number of nitrogens with zero attached hydrogens (tertiary/aromatic N) is 4. The number of aliphatic carboxylic acids is 1. The van der Waals surface area contributed by atoms with Crippen molar-refractivity contribution in [2.45, 2.75) is 32.7 Å². The second kappa shape index (κ2) is 5.45. The first-order valence-electron chi connectivity index (χ1n) is 7.37. The Balaban J connectivity index is 1.85. The van der Waals surface area contributed by atoms with Gasteiger partial charge in [-0.05, 0) is 49.2 Å². The average molecular weight is 315 g/mol. The van der Waals surface area contributed by atoms with Gasteiger partial charge in [0.2, 0.25) is 5.91 Å². The molecule has 2 aromatic rings. The molecule has 8 heteroatoms. The number of carbonyl (C=O) groups is 2. The summed E-state index contributed by atoms with van der Waals surface area (Å²) in [5.41, 5.74) is 0.00944. The lowest BCUT2D eigenvalue weighted by molar-refractivity contribution is -0.147. The zero-order valence-corrected chi connectivity index (χ0v) is 12.9. The number of tetrazole rings is 1. The number of nitrogens with one attached hydrogen (secondary N) is 1. The predicted molar refractivity (Wildman–Crippen MR) is 81.6 cm³/mol. The van der Waals surface area contributed by atoms with Crippen LogP contribution in [0.5, 0.6) is 0 Å². The van der Waals surface area contributed by atoms with Crippen molar-refractivity contribution in [3.8, 4) is 11.4 Å². The van der Waals surface area contributed by atoms with Gasteiger partial charge in [0.1, 0.15) is 5.41 Å². The van der Waals surface area contributed by atoms with Gasteiger partial charge in [-0.15, -0.1) is 5.10 Å². The Labute approximate surface area is 132 Å². The Morgan fingerprint density at radius 1 is 1.35 bits per heavy atom.